The highest BCUT2D eigenvalue weighted by Gasteiger charge is 2.43. The Morgan fingerprint density at radius 3 is 1.57 bits per heavy atom. The highest BCUT2D eigenvalue weighted by molar-refractivity contribution is 6.76. The SMILES string of the molecule is Cc1cc2c(cc1N1c3ccc4c(oc5ccccc54)c3Bc3c(-c4cc5c(cc4Nc4ccc6c(c4)C(C)(C)CCC6(C)C)C(C)(C)CCC5(C)C)cc4c(oc5ccccc54)c31)C(C)(C)CCC2(C)C. The minimum Gasteiger partial charge on any atom is -0.457 e. The van der Waals surface area contributed by atoms with E-state index in [0.29, 0.717) is 7.28 Å². The van der Waals surface area contributed by atoms with Gasteiger partial charge in [0.15, 0.2) is 5.58 Å². The summed E-state index contributed by atoms with van der Waals surface area (Å²) in [4.78, 5) is 2.59. The zero-order valence-electron chi connectivity index (χ0n) is 45.1. The second-order valence-electron chi connectivity index (χ2n) is 26.6. The third-order valence-corrected chi connectivity index (χ3v) is 19.0. The molecule has 0 saturated heterocycles. The van der Waals surface area contributed by atoms with Gasteiger partial charge in [0.25, 0.3) is 0 Å². The molecule has 364 valence electrons. The zero-order chi connectivity index (χ0) is 50.2. The number of hydrogen-bond donors (Lipinski definition) is 1. The number of aryl methyl sites for hydroxylation is 1. The highest BCUT2D eigenvalue weighted by atomic mass is 16.3. The Balaban J connectivity index is 1.15. The fourth-order valence-corrected chi connectivity index (χ4v) is 14.0. The standard InChI is InChI=1S/C67H71BN2O2/c1-38-32-47-51(67(12,13)31-28-63(47,4)5)37-54(38)70-53-25-23-42-40-18-14-16-20-55(40)71-60(42)58(53)68-57-44(34-45-41-19-15-17-21-56(41)72-61(45)59(57)70)43-35-49-50(66(10,11)30-29-65(49,8)9)36-52(43)69-39-22-24-46-48(33-39)64(6,7)27-26-62(46,2)3/h14-25,32-37,68-69H,26-31H2,1-13H3. The molecule has 0 amide bonds. The van der Waals surface area contributed by atoms with Crippen molar-refractivity contribution in [2.75, 3.05) is 10.2 Å². The first kappa shape index (κ1) is 45.7. The van der Waals surface area contributed by atoms with E-state index in [1.165, 1.54) is 85.9 Å². The molecule has 0 unspecified atom stereocenters. The molecule has 0 saturated carbocycles. The summed E-state index contributed by atoms with van der Waals surface area (Å²) in [5.74, 6) is 0. The number of para-hydroxylation sites is 2. The number of furan rings is 2. The van der Waals surface area contributed by atoms with E-state index in [0.717, 1.165) is 85.9 Å². The molecule has 0 radical (unpaired) electrons. The van der Waals surface area contributed by atoms with Gasteiger partial charge in [0.1, 0.15) is 16.7 Å². The molecule has 13 rings (SSSR count). The number of anilines is 5. The smallest absolute Gasteiger partial charge is 0.203 e. The lowest BCUT2D eigenvalue weighted by molar-refractivity contribution is 0.332. The molecule has 72 heavy (non-hydrogen) atoms. The lowest BCUT2D eigenvalue weighted by Gasteiger charge is -2.44. The van der Waals surface area contributed by atoms with Gasteiger partial charge in [-0.3, -0.25) is 0 Å². The molecule has 4 nitrogen and oxygen atoms in total. The molecule has 1 aliphatic heterocycles. The van der Waals surface area contributed by atoms with Gasteiger partial charge in [-0.1, -0.05) is 132 Å². The van der Waals surface area contributed by atoms with E-state index in [1.54, 1.807) is 0 Å². The van der Waals surface area contributed by atoms with Crippen molar-refractivity contribution < 1.29 is 8.83 Å². The van der Waals surface area contributed by atoms with Gasteiger partial charge >= 0.3 is 0 Å². The molecule has 9 aromatic rings. The molecule has 1 N–H and O–H groups in total. The maximum absolute atomic E-state index is 7.26. The topological polar surface area (TPSA) is 41.6 Å². The lowest BCUT2D eigenvalue weighted by atomic mass is 9.57. The molecular formula is C67H71BN2O2. The van der Waals surface area contributed by atoms with E-state index in [4.69, 9.17) is 8.83 Å². The van der Waals surface area contributed by atoms with Crippen LogP contribution in [0.2, 0.25) is 0 Å². The molecule has 0 atom stereocenters. The van der Waals surface area contributed by atoms with Gasteiger partial charge < -0.3 is 19.1 Å². The number of hydrogen-bond acceptors (Lipinski definition) is 4. The van der Waals surface area contributed by atoms with Crippen molar-refractivity contribution in [2.24, 2.45) is 0 Å². The van der Waals surface area contributed by atoms with Crippen LogP contribution in [-0.2, 0) is 32.5 Å². The van der Waals surface area contributed by atoms with Gasteiger partial charge in [0.05, 0.1) is 5.69 Å². The molecule has 3 aliphatic carbocycles. The van der Waals surface area contributed by atoms with Crippen LogP contribution in [0.1, 0.15) is 161 Å². The quantitative estimate of drug-likeness (QED) is 0.179. The van der Waals surface area contributed by atoms with Crippen LogP contribution in [0, 0.1) is 6.92 Å². The van der Waals surface area contributed by atoms with Gasteiger partial charge in [-0.15, -0.1) is 0 Å². The molecule has 3 heterocycles. The Morgan fingerprint density at radius 1 is 0.431 bits per heavy atom. The summed E-state index contributed by atoms with van der Waals surface area (Å²) in [5, 5.41) is 8.77. The third-order valence-electron chi connectivity index (χ3n) is 19.0. The van der Waals surface area contributed by atoms with Gasteiger partial charge in [0, 0.05) is 49.9 Å². The lowest BCUT2D eigenvalue weighted by Crippen LogP contribution is -2.42. The first-order chi connectivity index (χ1) is 34.0. The van der Waals surface area contributed by atoms with E-state index < -0.39 is 0 Å². The molecular weight excluding hydrogens is 876 g/mol. The number of rotatable bonds is 4. The van der Waals surface area contributed by atoms with Crippen LogP contribution in [0.15, 0.2) is 118 Å². The molecule has 7 aromatic carbocycles. The van der Waals surface area contributed by atoms with Crippen LogP contribution in [0.25, 0.3) is 55.0 Å². The monoisotopic (exact) mass is 947 g/mol. The predicted octanol–water partition coefficient (Wildman–Crippen LogP) is 17.4. The Labute approximate surface area is 427 Å². The second-order valence-corrected chi connectivity index (χ2v) is 26.6. The van der Waals surface area contributed by atoms with Crippen molar-refractivity contribution in [3.63, 3.8) is 0 Å². The highest BCUT2D eigenvalue weighted by Crippen LogP contribution is 2.55. The van der Waals surface area contributed by atoms with Crippen LogP contribution < -0.4 is 21.1 Å². The summed E-state index contributed by atoms with van der Waals surface area (Å²) in [5.41, 5.74) is 24.7. The fraction of sp³-hybridized carbons (Fsp3) is 0.373. The minimum atomic E-state index is -0.00798. The minimum absolute atomic E-state index is 0.00798. The summed E-state index contributed by atoms with van der Waals surface area (Å²) in [6.45, 7) is 31.7. The van der Waals surface area contributed by atoms with E-state index >= 15 is 0 Å². The first-order valence-electron chi connectivity index (χ1n) is 27.0. The van der Waals surface area contributed by atoms with Crippen molar-refractivity contribution in [3.8, 4) is 11.1 Å². The van der Waals surface area contributed by atoms with Crippen molar-refractivity contribution in [1.82, 2.24) is 0 Å². The molecule has 0 bridgehead atoms. The summed E-state index contributed by atoms with van der Waals surface area (Å²) in [6.07, 6.45) is 6.95. The fourth-order valence-electron chi connectivity index (χ4n) is 14.0. The van der Waals surface area contributed by atoms with Crippen LogP contribution >= 0.6 is 0 Å². The summed E-state index contributed by atoms with van der Waals surface area (Å²) in [7, 11) is 0.677. The average Bonchev–Trinajstić information content (AvgIpc) is 3.91. The van der Waals surface area contributed by atoms with Crippen molar-refractivity contribution in [1.29, 1.82) is 0 Å². The number of fused-ring (bicyclic) bond motifs is 13. The van der Waals surface area contributed by atoms with E-state index in [-0.39, 0.29) is 32.5 Å². The van der Waals surface area contributed by atoms with E-state index in [9.17, 15) is 0 Å². The number of benzene rings is 7. The van der Waals surface area contributed by atoms with Crippen LogP contribution in [0.5, 0.6) is 0 Å². The van der Waals surface area contributed by atoms with Gasteiger partial charge in [-0.05, 0) is 194 Å². The summed E-state index contributed by atoms with van der Waals surface area (Å²) in [6, 6.07) is 41.8. The third kappa shape index (κ3) is 6.63. The largest absolute Gasteiger partial charge is 0.457 e. The van der Waals surface area contributed by atoms with Crippen LogP contribution in [0.4, 0.5) is 28.4 Å². The van der Waals surface area contributed by atoms with E-state index in [1.807, 2.05) is 0 Å². The van der Waals surface area contributed by atoms with Crippen LogP contribution in [-0.4, -0.2) is 7.28 Å². The van der Waals surface area contributed by atoms with Gasteiger partial charge in [-0.2, -0.15) is 0 Å². The van der Waals surface area contributed by atoms with Crippen LogP contribution in [0.3, 0.4) is 0 Å². The Kier molecular flexibility index (Phi) is 9.48. The maximum Gasteiger partial charge on any atom is 0.203 e. The molecule has 4 aliphatic rings. The molecule has 0 spiro atoms. The Bertz CT molecular complexity index is 3790. The van der Waals surface area contributed by atoms with E-state index in [2.05, 4.69) is 209 Å². The molecule has 2 aromatic heterocycles. The molecule has 0 fully saturated rings. The molecule has 5 heteroatoms. The summed E-state index contributed by atoms with van der Waals surface area (Å²) >= 11 is 0. The predicted molar refractivity (Wildman–Crippen MR) is 308 cm³/mol. The second kappa shape index (κ2) is 15.0. The van der Waals surface area contributed by atoms with Crippen molar-refractivity contribution in [3.05, 3.63) is 148 Å². The first-order valence-corrected chi connectivity index (χ1v) is 27.0. The normalized spacial score (nSPS) is 19.6. The maximum atomic E-state index is 7.26. The van der Waals surface area contributed by atoms with Gasteiger partial charge in [-0.25, -0.2) is 0 Å². The number of nitrogens with one attached hydrogen (secondary N) is 1. The van der Waals surface area contributed by atoms with Crippen molar-refractivity contribution >= 4 is 90.5 Å². The van der Waals surface area contributed by atoms with Gasteiger partial charge in [0.2, 0.25) is 7.28 Å². The number of nitrogens with zero attached hydrogens (tertiary/aromatic N) is 1. The Hall–Kier alpha value is -6.20. The summed E-state index contributed by atoms with van der Waals surface area (Å²) < 4.78 is 14.3. The Morgan fingerprint density at radius 2 is 0.944 bits per heavy atom. The van der Waals surface area contributed by atoms with Crippen molar-refractivity contribution in [2.45, 2.75) is 161 Å². The zero-order valence-corrected chi connectivity index (χ0v) is 45.1. The average molecular weight is 947 g/mol.